The Hall–Kier alpha value is -2.44. The number of rotatable bonds is 6. The topological polar surface area (TPSA) is 29.1 Å². The van der Waals surface area contributed by atoms with Crippen LogP contribution in [0.1, 0.15) is 48.1 Å². The largest absolute Gasteiger partial charge is 0.345 e. The molecule has 2 aromatic carbocycles. The van der Waals surface area contributed by atoms with Crippen LogP contribution in [0.2, 0.25) is 0 Å². The van der Waals surface area contributed by atoms with E-state index >= 15 is 0 Å². The molecule has 0 aliphatic rings. The zero-order valence-electron chi connectivity index (χ0n) is 13.4. The first-order valence-electron chi connectivity index (χ1n) is 7.75. The zero-order valence-corrected chi connectivity index (χ0v) is 13.4. The van der Waals surface area contributed by atoms with Crippen LogP contribution in [-0.4, -0.2) is 5.91 Å². The monoisotopic (exact) mass is 357 g/mol. The first kappa shape index (κ1) is 18.9. The van der Waals surface area contributed by atoms with Crippen LogP contribution in [0.4, 0.5) is 22.0 Å². The van der Waals surface area contributed by atoms with Crippen molar-refractivity contribution in [1.82, 2.24) is 5.32 Å². The number of hydrogen-bond acceptors (Lipinski definition) is 1. The molecule has 0 aliphatic carbocycles. The molecule has 1 atom stereocenters. The van der Waals surface area contributed by atoms with Crippen molar-refractivity contribution in [3.05, 3.63) is 70.5 Å². The summed E-state index contributed by atoms with van der Waals surface area (Å²) in [7, 11) is 0. The van der Waals surface area contributed by atoms with Gasteiger partial charge in [-0.05, 0) is 12.0 Å². The predicted octanol–water partition coefficient (Wildman–Crippen LogP) is 5.04. The molecule has 1 N–H and O–H groups in total. The van der Waals surface area contributed by atoms with Crippen LogP contribution < -0.4 is 5.32 Å². The third-order valence-corrected chi connectivity index (χ3v) is 3.79. The fourth-order valence-electron chi connectivity index (χ4n) is 2.45. The van der Waals surface area contributed by atoms with E-state index in [1.807, 2.05) is 6.92 Å². The standard InChI is InChI=1S/C18H16F5NO/c1-2-3-9-11(10-7-5-4-6-8-10)24-18(25)12-13(19)15(21)17(23)16(22)14(12)20/h4-8,11H,2-3,9H2,1H3,(H,24,25)/t11-/m1/s1. The van der Waals surface area contributed by atoms with Crippen LogP contribution >= 0.6 is 0 Å². The minimum atomic E-state index is -2.29. The molecule has 7 heteroatoms. The van der Waals surface area contributed by atoms with Crippen LogP contribution in [0.15, 0.2) is 30.3 Å². The van der Waals surface area contributed by atoms with Gasteiger partial charge in [0.2, 0.25) is 5.82 Å². The van der Waals surface area contributed by atoms with Crippen LogP contribution in [0, 0.1) is 29.1 Å². The average molecular weight is 357 g/mol. The van der Waals surface area contributed by atoms with E-state index in [9.17, 15) is 26.7 Å². The zero-order chi connectivity index (χ0) is 18.6. The molecule has 0 saturated heterocycles. The Morgan fingerprint density at radius 3 is 1.96 bits per heavy atom. The molecule has 0 spiro atoms. The van der Waals surface area contributed by atoms with E-state index in [0.29, 0.717) is 18.4 Å². The van der Waals surface area contributed by atoms with Crippen molar-refractivity contribution in [2.75, 3.05) is 0 Å². The number of benzene rings is 2. The normalized spacial score (nSPS) is 12.1. The maximum Gasteiger partial charge on any atom is 0.257 e. The molecule has 2 nitrogen and oxygen atoms in total. The molecule has 0 unspecified atom stereocenters. The van der Waals surface area contributed by atoms with E-state index in [-0.39, 0.29) is 0 Å². The molecule has 0 aromatic heterocycles. The van der Waals surface area contributed by atoms with Crippen molar-refractivity contribution in [2.24, 2.45) is 0 Å². The fourth-order valence-corrected chi connectivity index (χ4v) is 2.45. The number of unbranched alkanes of at least 4 members (excludes halogenated alkanes) is 1. The summed E-state index contributed by atoms with van der Waals surface area (Å²) in [5.41, 5.74) is -0.804. The van der Waals surface area contributed by atoms with Crippen LogP contribution in [0.5, 0.6) is 0 Å². The molecule has 134 valence electrons. The lowest BCUT2D eigenvalue weighted by atomic mass is 10.0. The van der Waals surface area contributed by atoms with Crippen LogP contribution in [0.3, 0.4) is 0 Å². The van der Waals surface area contributed by atoms with E-state index < -0.39 is 46.6 Å². The van der Waals surface area contributed by atoms with E-state index in [4.69, 9.17) is 0 Å². The molecule has 2 rings (SSSR count). The highest BCUT2D eigenvalue weighted by molar-refractivity contribution is 5.95. The van der Waals surface area contributed by atoms with Crippen LogP contribution in [0.25, 0.3) is 0 Å². The van der Waals surface area contributed by atoms with E-state index in [1.54, 1.807) is 30.3 Å². The van der Waals surface area contributed by atoms with Crippen molar-refractivity contribution < 1.29 is 26.7 Å². The molecule has 0 aliphatic heterocycles. The molecule has 0 fully saturated rings. The van der Waals surface area contributed by atoms with Crippen molar-refractivity contribution in [1.29, 1.82) is 0 Å². The summed E-state index contributed by atoms with van der Waals surface area (Å²) in [5.74, 6) is -12.2. The van der Waals surface area contributed by atoms with E-state index in [2.05, 4.69) is 5.32 Å². The van der Waals surface area contributed by atoms with Gasteiger partial charge in [0.25, 0.3) is 5.91 Å². The highest BCUT2D eigenvalue weighted by Gasteiger charge is 2.30. The summed E-state index contributed by atoms with van der Waals surface area (Å²) < 4.78 is 67.2. The van der Waals surface area contributed by atoms with Crippen molar-refractivity contribution in [2.45, 2.75) is 32.2 Å². The lowest BCUT2D eigenvalue weighted by Gasteiger charge is -2.19. The average Bonchev–Trinajstić information content (AvgIpc) is 2.62. The maximum atomic E-state index is 13.8. The lowest BCUT2D eigenvalue weighted by Crippen LogP contribution is -2.31. The number of nitrogens with one attached hydrogen (secondary N) is 1. The van der Waals surface area contributed by atoms with Crippen molar-refractivity contribution in [3.63, 3.8) is 0 Å². The fraction of sp³-hybridized carbons (Fsp3) is 0.278. The molecule has 25 heavy (non-hydrogen) atoms. The highest BCUT2D eigenvalue weighted by atomic mass is 19.2. The molecule has 0 heterocycles. The minimum Gasteiger partial charge on any atom is -0.345 e. The second kappa shape index (κ2) is 8.09. The second-order valence-electron chi connectivity index (χ2n) is 5.52. The predicted molar refractivity (Wildman–Crippen MR) is 82.4 cm³/mol. The van der Waals surface area contributed by atoms with Gasteiger partial charge in [-0.3, -0.25) is 4.79 Å². The summed E-state index contributed by atoms with van der Waals surface area (Å²) in [5, 5.41) is 2.37. The smallest absolute Gasteiger partial charge is 0.257 e. The Bertz CT molecular complexity index is 735. The number of carbonyl (C=O) groups excluding carboxylic acids is 1. The van der Waals surface area contributed by atoms with E-state index in [1.165, 1.54) is 0 Å². The van der Waals surface area contributed by atoms with Gasteiger partial charge in [-0.2, -0.15) is 0 Å². The number of carbonyl (C=O) groups is 1. The van der Waals surface area contributed by atoms with Gasteiger partial charge in [-0.1, -0.05) is 50.1 Å². The van der Waals surface area contributed by atoms with Gasteiger partial charge in [0.05, 0.1) is 6.04 Å². The third kappa shape index (κ3) is 3.97. The van der Waals surface area contributed by atoms with E-state index in [0.717, 1.165) is 6.42 Å². The SMILES string of the molecule is CCCC[C@@H](NC(=O)c1c(F)c(F)c(F)c(F)c1F)c1ccccc1. The molecular formula is C18H16F5NO. The van der Waals surface area contributed by atoms with Crippen molar-refractivity contribution >= 4 is 5.91 Å². The molecular weight excluding hydrogens is 341 g/mol. The maximum absolute atomic E-state index is 13.8. The van der Waals surface area contributed by atoms with Gasteiger partial charge in [-0.15, -0.1) is 0 Å². The first-order valence-corrected chi connectivity index (χ1v) is 7.75. The van der Waals surface area contributed by atoms with Gasteiger partial charge in [-0.25, -0.2) is 22.0 Å². The molecule has 2 aromatic rings. The van der Waals surface area contributed by atoms with Gasteiger partial charge in [0.15, 0.2) is 23.3 Å². The second-order valence-corrected chi connectivity index (χ2v) is 5.52. The number of halogens is 5. The first-order chi connectivity index (χ1) is 11.9. The van der Waals surface area contributed by atoms with Gasteiger partial charge in [0.1, 0.15) is 5.56 Å². The Labute approximate surface area is 141 Å². The number of amides is 1. The van der Waals surface area contributed by atoms with Gasteiger partial charge < -0.3 is 5.32 Å². The lowest BCUT2D eigenvalue weighted by molar-refractivity contribution is 0.0922. The molecule has 0 bridgehead atoms. The summed E-state index contributed by atoms with van der Waals surface area (Å²) in [6, 6.07) is 8.01. The summed E-state index contributed by atoms with van der Waals surface area (Å²) in [6.45, 7) is 1.92. The number of hydrogen-bond donors (Lipinski definition) is 1. The summed E-state index contributed by atoms with van der Waals surface area (Å²) in [4.78, 5) is 12.2. The Kier molecular flexibility index (Phi) is 6.12. The quantitative estimate of drug-likeness (QED) is 0.438. The minimum absolute atomic E-state index is 0.460. The molecule has 1 amide bonds. The Morgan fingerprint density at radius 1 is 0.920 bits per heavy atom. The summed E-state index contributed by atoms with van der Waals surface area (Å²) in [6.07, 6.45) is 1.97. The molecule has 0 radical (unpaired) electrons. The van der Waals surface area contributed by atoms with Gasteiger partial charge >= 0.3 is 0 Å². The Morgan fingerprint density at radius 2 is 1.44 bits per heavy atom. The summed E-state index contributed by atoms with van der Waals surface area (Å²) >= 11 is 0. The highest BCUT2D eigenvalue weighted by Crippen LogP contribution is 2.25. The van der Waals surface area contributed by atoms with Gasteiger partial charge in [0, 0.05) is 0 Å². The van der Waals surface area contributed by atoms with Crippen molar-refractivity contribution in [3.8, 4) is 0 Å². The van der Waals surface area contributed by atoms with Crippen LogP contribution in [-0.2, 0) is 0 Å². The third-order valence-electron chi connectivity index (χ3n) is 3.79. The Balaban J connectivity index is 2.36. The molecule has 0 saturated carbocycles.